The minimum Gasteiger partial charge on any atom is -0.370 e. The molecule has 1 aromatic heterocycles. The lowest BCUT2D eigenvalue weighted by atomic mass is 9.97. The average Bonchev–Trinajstić information content (AvgIpc) is 2.37. The van der Waals surface area contributed by atoms with E-state index >= 15 is 0 Å². The summed E-state index contributed by atoms with van der Waals surface area (Å²) in [7, 11) is -3.06. The van der Waals surface area contributed by atoms with Crippen molar-refractivity contribution in [3.63, 3.8) is 0 Å². The Kier molecular flexibility index (Phi) is 4.19. The van der Waals surface area contributed by atoms with Gasteiger partial charge in [0.05, 0.1) is 18.1 Å². The number of hydrogen-bond acceptors (Lipinski definition) is 4. The predicted octanol–water partition coefficient (Wildman–Crippen LogP) is 0.847. The van der Waals surface area contributed by atoms with Gasteiger partial charge in [-0.3, -0.25) is 4.98 Å². The van der Waals surface area contributed by atoms with Gasteiger partial charge in [-0.15, -0.1) is 0 Å². The zero-order chi connectivity index (χ0) is 13.0. The highest BCUT2D eigenvalue weighted by atomic mass is 32.2. The Morgan fingerprint density at radius 2 is 2.17 bits per heavy atom. The molecule has 5 nitrogen and oxygen atoms in total. The van der Waals surface area contributed by atoms with E-state index in [9.17, 15) is 8.42 Å². The quantitative estimate of drug-likeness (QED) is 0.880. The number of hydrogen-bond donors (Lipinski definition) is 1. The Hall–Kier alpha value is -1.14. The molecule has 0 aliphatic carbocycles. The first-order chi connectivity index (χ1) is 8.54. The lowest BCUT2D eigenvalue weighted by Crippen LogP contribution is -2.38. The van der Waals surface area contributed by atoms with Crippen LogP contribution in [0.5, 0.6) is 0 Å². The summed E-state index contributed by atoms with van der Waals surface area (Å²) in [5, 5.41) is 0. The molecule has 1 N–H and O–H groups in total. The van der Waals surface area contributed by atoms with Crippen molar-refractivity contribution >= 4 is 15.7 Å². The molecule has 0 radical (unpaired) electrons. The molecule has 1 aliphatic heterocycles. The molecule has 0 atom stereocenters. The van der Waals surface area contributed by atoms with Crippen molar-refractivity contribution in [1.82, 2.24) is 9.71 Å². The zero-order valence-corrected chi connectivity index (χ0v) is 11.4. The summed E-state index contributed by atoms with van der Waals surface area (Å²) in [5.74, 6) is 0.438. The van der Waals surface area contributed by atoms with Crippen LogP contribution in [0.1, 0.15) is 12.8 Å². The van der Waals surface area contributed by atoms with Gasteiger partial charge in [0.25, 0.3) is 0 Å². The van der Waals surface area contributed by atoms with Gasteiger partial charge < -0.3 is 4.90 Å². The molecule has 0 bridgehead atoms. The Morgan fingerprint density at radius 1 is 1.44 bits per heavy atom. The minimum atomic E-state index is -3.06. The Morgan fingerprint density at radius 3 is 2.72 bits per heavy atom. The van der Waals surface area contributed by atoms with Crippen molar-refractivity contribution in [2.24, 2.45) is 5.92 Å². The summed E-state index contributed by atoms with van der Waals surface area (Å²) < 4.78 is 24.6. The highest BCUT2D eigenvalue weighted by molar-refractivity contribution is 7.88. The lowest BCUT2D eigenvalue weighted by molar-refractivity contribution is 0.402. The van der Waals surface area contributed by atoms with Crippen LogP contribution in [-0.4, -0.2) is 39.3 Å². The number of anilines is 1. The summed E-state index contributed by atoms with van der Waals surface area (Å²) in [6, 6.07) is 3.99. The molecule has 1 aromatic rings. The molecule has 0 aromatic carbocycles. The van der Waals surface area contributed by atoms with Gasteiger partial charge in [0.2, 0.25) is 10.0 Å². The molecule has 1 aliphatic rings. The average molecular weight is 269 g/mol. The molecule has 1 fully saturated rings. The first-order valence-corrected chi connectivity index (χ1v) is 8.03. The van der Waals surface area contributed by atoms with Gasteiger partial charge in [0, 0.05) is 25.8 Å². The van der Waals surface area contributed by atoms with Crippen LogP contribution in [0.2, 0.25) is 0 Å². The van der Waals surface area contributed by atoms with Crippen LogP contribution >= 0.6 is 0 Å². The van der Waals surface area contributed by atoms with Gasteiger partial charge >= 0.3 is 0 Å². The maximum atomic E-state index is 11.0. The minimum absolute atomic E-state index is 0.438. The molecule has 0 unspecified atom stereocenters. The molecule has 6 heteroatoms. The van der Waals surface area contributed by atoms with Crippen molar-refractivity contribution in [3.8, 4) is 0 Å². The van der Waals surface area contributed by atoms with Crippen LogP contribution < -0.4 is 9.62 Å². The topological polar surface area (TPSA) is 62.3 Å². The predicted molar refractivity (Wildman–Crippen MR) is 72.0 cm³/mol. The SMILES string of the molecule is CS(=O)(=O)NCC1CCN(c2cccnc2)CC1. The van der Waals surface area contributed by atoms with Crippen LogP contribution in [0.15, 0.2) is 24.5 Å². The summed E-state index contributed by atoms with van der Waals surface area (Å²) in [5.41, 5.74) is 1.15. The smallest absolute Gasteiger partial charge is 0.208 e. The van der Waals surface area contributed by atoms with Crippen molar-refractivity contribution in [2.75, 3.05) is 30.8 Å². The second-order valence-electron chi connectivity index (χ2n) is 4.76. The number of piperidine rings is 1. The van der Waals surface area contributed by atoms with Crippen LogP contribution in [0.4, 0.5) is 5.69 Å². The number of rotatable bonds is 4. The number of nitrogens with zero attached hydrogens (tertiary/aromatic N) is 2. The largest absolute Gasteiger partial charge is 0.370 e. The monoisotopic (exact) mass is 269 g/mol. The van der Waals surface area contributed by atoms with Crippen molar-refractivity contribution < 1.29 is 8.42 Å². The summed E-state index contributed by atoms with van der Waals surface area (Å²) >= 11 is 0. The van der Waals surface area contributed by atoms with E-state index in [0.717, 1.165) is 31.6 Å². The van der Waals surface area contributed by atoms with Crippen LogP contribution in [0.3, 0.4) is 0 Å². The molecule has 0 spiro atoms. The highest BCUT2D eigenvalue weighted by Gasteiger charge is 2.20. The molecule has 2 heterocycles. The summed E-state index contributed by atoms with van der Waals surface area (Å²) in [6.45, 7) is 2.48. The Balaban J connectivity index is 1.82. The zero-order valence-electron chi connectivity index (χ0n) is 10.5. The standard InChI is InChI=1S/C12H19N3O2S/c1-18(16,17)14-9-11-4-7-15(8-5-11)12-3-2-6-13-10-12/h2-3,6,10-11,14H,4-5,7-9H2,1H3. The molecule has 18 heavy (non-hydrogen) atoms. The second-order valence-corrected chi connectivity index (χ2v) is 6.60. The van der Waals surface area contributed by atoms with Gasteiger partial charge in [-0.1, -0.05) is 0 Å². The molecular weight excluding hydrogens is 250 g/mol. The van der Waals surface area contributed by atoms with Crippen molar-refractivity contribution in [3.05, 3.63) is 24.5 Å². The van der Waals surface area contributed by atoms with Crippen LogP contribution in [-0.2, 0) is 10.0 Å². The van der Waals surface area contributed by atoms with E-state index in [1.807, 2.05) is 12.3 Å². The van der Waals surface area contributed by atoms with E-state index in [2.05, 4.69) is 20.7 Å². The fourth-order valence-electron chi connectivity index (χ4n) is 2.21. The molecular formula is C12H19N3O2S. The fourth-order valence-corrected chi connectivity index (χ4v) is 2.74. The van der Waals surface area contributed by atoms with Gasteiger partial charge in [-0.05, 0) is 30.9 Å². The number of pyridine rings is 1. The van der Waals surface area contributed by atoms with Crippen LogP contribution in [0, 0.1) is 5.92 Å². The second kappa shape index (κ2) is 5.67. The van der Waals surface area contributed by atoms with Crippen molar-refractivity contribution in [2.45, 2.75) is 12.8 Å². The van der Waals surface area contributed by atoms with Crippen molar-refractivity contribution in [1.29, 1.82) is 0 Å². The molecule has 0 saturated carbocycles. The van der Waals surface area contributed by atoms with Gasteiger partial charge in [0.15, 0.2) is 0 Å². The lowest BCUT2D eigenvalue weighted by Gasteiger charge is -2.33. The van der Waals surface area contributed by atoms with Crippen LogP contribution in [0.25, 0.3) is 0 Å². The maximum absolute atomic E-state index is 11.0. The normalized spacial score (nSPS) is 17.9. The Bertz CT molecular complexity index is 467. The highest BCUT2D eigenvalue weighted by Crippen LogP contribution is 2.21. The van der Waals surface area contributed by atoms with Gasteiger partial charge in [-0.2, -0.15) is 0 Å². The molecule has 100 valence electrons. The third-order valence-corrected chi connectivity index (χ3v) is 3.95. The van der Waals surface area contributed by atoms with E-state index < -0.39 is 10.0 Å². The maximum Gasteiger partial charge on any atom is 0.208 e. The van der Waals surface area contributed by atoms with E-state index in [4.69, 9.17) is 0 Å². The first kappa shape index (κ1) is 13.3. The van der Waals surface area contributed by atoms with E-state index in [1.165, 1.54) is 6.26 Å². The van der Waals surface area contributed by atoms with E-state index in [0.29, 0.717) is 12.5 Å². The first-order valence-electron chi connectivity index (χ1n) is 6.14. The molecule has 1 saturated heterocycles. The number of aromatic nitrogens is 1. The molecule has 2 rings (SSSR count). The van der Waals surface area contributed by atoms with Gasteiger partial charge in [0.1, 0.15) is 0 Å². The summed E-state index contributed by atoms with van der Waals surface area (Å²) in [6.07, 6.45) is 6.87. The van der Waals surface area contributed by atoms with E-state index in [-0.39, 0.29) is 0 Å². The third kappa shape index (κ3) is 3.96. The Labute approximate surface area is 108 Å². The fraction of sp³-hybridized carbons (Fsp3) is 0.583. The van der Waals surface area contributed by atoms with E-state index in [1.54, 1.807) is 6.20 Å². The van der Waals surface area contributed by atoms with Gasteiger partial charge in [-0.25, -0.2) is 13.1 Å². The number of sulfonamides is 1. The number of nitrogens with one attached hydrogen (secondary N) is 1. The molecule has 0 amide bonds. The third-order valence-electron chi connectivity index (χ3n) is 3.26. The summed E-state index contributed by atoms with van der Waals surface area (Å²) in [4.78, 5) is 6.41.